The molecule has 3 rings (SSSR count). The van der Waals surface area contributed by atoms with Crippen LogP contribution in [0.15, 0.2) is 35.2 Å². The minimum Gasteiger partial charge on any atom is -0.321 e. The van der Waals surface area contributed by atoms with E-state index in [0.29, 0.717) is 0 Å². The van der Waals surface area contributed by atoms with Gasteiger partial charge in [-0.05, 0) is 42.1 Å². The summed E-state index contributed by atoms with van der Waals surface area (Å²) in [5.41, 5.74) is 4.59. The van der Waals surface area contributed by atoms with E-state index in [1.807, 2.05) is 36.6 Å². The number of fused-ring (bicyclic) bond motifs is 1. The first-order valence-corrected chi connectivity index (χ1v) is 7.18. The van der Waals surface area contributed by atoms with Gasteiger partial charge in [-0.1, -0.05) is 0 Å². The maximum Gasteiger partial charge on any atom is 0.265 e. The molecule has 3 aromatic rings. The predicted octanol–water partition coefficient (Wildman–Crippen LogP) is 3.92. The molecule has 0 aliphatic carbocycles. The fraction of sp³-hybridized carbons (Fsp3) is 0.0769. The lowest BCUT2D eigenvalue weighted by atomic mass is 10.2. The topological polar surface area (TPSA) is 42.0 Å². The van der Waals surface area contributed by atoms with Crippen LogP contribution in [-0.4, -0.2) is 10.9 Å². The molecule has 0 saturated heterocycles. The predicted molar refractivity (Wildman–Crippen MR) is 76.6 cm³/mol. The van der Waals surface area contributed by atoms with Crippen LogP contribution in [0.5, 0.6) is 0 Å². The summed E-state index contributed by atoms with van der Waals surface area (Å²) < 4.78 is 1.08. The minimum atomic E-state index is -0.0497. The van der Waals surface area contributed by atoms with Gasteiger partial charge in [-0.15, -0.1) is 22.7 Å². The highest BCUT2D eigenvalue weighted by Gasteiger charge is 2.10. The summed E-state index contributed by atoms with van der Waals surface area (Å²) in [6, 6.07) is 7.70. The van der Waals surface area contributed by atoms with Gasteiger partial charge in [0.05, 0.1) is 20.6 Å². The third kappa shape index (κ3) is 2.02. The van der Waals surface area contributed by atoms with Crippen molar-refractivity contribution in [2.45, 2.75) is 6.92 Å². The Hall–Kier alpha value is -1.72. The lowest BCUT2D eigenvalue weighted by Gasteiger charge is -2.04. The Morgan fingerprint density at radius 2 is 2.17 bits per heavy atom. The summed E-state index contributed by atoms with van der Waals surface area (Å²) in [4.78, 5) is 17.0. The number of hydrogen-bond acceptors (Lipinski definition) is 4. The van der Waals surface area contributed by atoms with Gasteiger partial charge in [0, 0.05) is 5.69 Å². The van der Waals surface area contributed by atoms with Crippen molar-refractivity contribution in [2.24, 2.45) is 0 Å². The van der Waals surface area contributed by atoms with Crippen LogP contribution in [0.3, 0.4) is 0 Å². The first-order valence-electron chi connectivity index (χ1n) is 5.43. The van der Waals surface area contributed by atoms with Crippen molar-refractivity contribution in [3.05, 3.63) is 45.6 Å². The molecular weight excluding hydrogens is 264 g/mol. The van der Waals surface area contributed by atoms with Crippen LogP contribution < -0.4 is 5.32 Å². The van der Waals surface area contributed by atoms with Gasteiger partial charge in [-0.3, -0.25) is 4.79 Å². The molecule has 0 aliphatic rings. The van der Waals surface area contributed by atoms with Gasteiger partial charge in [0.25, 0.3) is 5.91 Å². The number of carbonyl (C=O) groups is 1. The highest BCUT2D eigenvalue weighted by atomic mass is 32.1. The molecule has 2 heterocycles. The first-order chi connectivity index (χ1) is 8.74. The second kappa shape index (κ2) is 4.51. The molecule has 0 saturated carbocycles. The molecule has 0 radical (unpaired) electrons. The fourth-order valence-electron chi connectivity index (χ4n) is 1.73. The highest BCUT2D eigenvalue weighted by Crippen LogP contribution is 2.23. The summed E-state index contributed by atoms with van der Waals surface area (Å²) in [6.45, 7) is 1.94. The number of aryl methyl sites for hydroxylation is 1. The average molecular weight is 274 g/mol. The summed E-state index contributed by atoms with van der Waals surface area (Å²) >= 11 is 3.03. The lowest BCUT2D eigenvalue weighted by molar-refractivity contribution is 0.103. The maximum atomic E-state index is 12.1. The average Bonchev–Trinajstić information content (AvgIpc) is 2.96. The number of rotatable bonds is 2. The molecule has 0 fully saturated rings. The van der Waals surface area contributed by atoms with Gasteiger partial charge in [-0.25, -0.2) is 4.98 Å². The van der Waals surface area contributed by atoms with Crippen LogP contribution in [0.1, 0.15) is 15.2 Å². The zero-order valence-corrected chi connectivity index (χ0v) is 11.3. The second-order valence-electron chi connectivity index (χ2n) is 3.92. The molecule has 0 unspecified atom stereocenters. The molecule has 1 N–H and O–H groups in total. The van der Waals surface area contributed by atoms with Crippen LogP contribution in [0.25, 0.3) is 10.2 Å². The summed E-state index contributed by atoms with van der Waals surface area (Å²) in [7, 11) is 0. The van der Waals surface area contributed by atoms with E-state index in [1.54, 1.807) is 16.8 Å². The molecule has 5 heteroatoms. The second-order valence-corrected chi connectivity index (χ2v) is 5.72. The van der Waals surface area contributed by atoms with Crippen molar-refractivity contribution in [2.75, 3.05) is 5.32 Å². The molecular formula is C13H10N2OS2. The van der Waals surface area contributed by atoms with Gasteiger partial charge in [0.15, 0.2) is 0 Å². The van der Waals surface area contributed by atoms with Gasteiger partial charge < -0.3 is 5.32 Å². The van der Waals surface area contributed by atoms with Crippen LogP contribution in [0, 0.1) is 6.92 Å². The van der Waals surface area contributed by atoms with E-state index in [0.717, 1.165) is 26.3 Å². The van der Waals surface area contributed by atoms with E-state index >= 15 is 0 Å². The number of benzene rings is 1. The van der Waals surface area contributed by atoms with Crippen LogP contribution in [0.4, 0.5) is 5.69 Å². The Bertz CT molecular complexity index is 714. The Morgan fingerprint density at radius 3 is 2.94 bits per heavy atom. The number of thiazole rings is 1. The normalized spacial score (nSPS) is 10.7. The number of hydrogen-bond donors (Lipinski definition) is 1. The Balaban J connectivity index is 1.88. The molecule has 0 atom stereocenters. The SMILES string of the molecule is Cc1ccsc1C(=O)Nc1ccc2ncsc2c1. The molecule has 18 heavy (non-hydrogen) atoms. The molecule has 1 amide bonds. The third-order valence-electron chi connectivity index (χ3n) is 2.66. The van der Waals surface area contributed by atoms with Gasteiger partial charge in [0.1, 0.15) is 0 Å². The van der Waals surface area contributed by atoms with E-state index in [1.165, 1.54) is 11.3 Å². The van der Waals surface area contributed by atoms with E-state index in [-0.39, 0.29) is 5.91 Å². The number of nitrogens with one attached hydrogen (secondary N) is 1. The van der Waals surface area contributed by atoms with Crippen molar-refractivity contribution in [1.29, 1.82) is 0 Å². The number of aromatic nitrogens is 1. The number of anilines is 1. The summed E-state index contributed by atoms with van der Waals surface area (Å²) in [5, 5.41) is 4.84. The molecule has 2 aromatic heterocycles. The lowest BCUT2D eigenvalue weighted by Crippen LogP contribution is -2.11. The highest BCUT2D eigenvalue weighted by molar-refractivity contribution is 7.16. The summed E-state index contributed by atoms with van der Waals surface area (Å²) in [5.74, 6) is -0.0497. The van der Waals surface area contributed by atoms with Crippen LogP contribution in [0.2, 0.25) is 0 Å². The van der Waals surface area contributed by atoms with Crippen molar-refractivity contribution in [3.63, 3.8) is 0 Å². The molecule has 3 nitrogen and oxygen atoms in total. The first kappa shape index (κ1) is 11.4. The van der Waals surface area contributed by atoms with Gasteiger partial charge in [-0.2, -0.15) is 0 Å². The van der Waals surface area contributed by atoms with E-state index in [2.05, 4.69) is 10.3 Å². The minimum absolute atomic E-state index is 0.0497. The van der Waals surface area contributed by atoms with Crippen molar-refractivity contribution >= 4 is 44.5 Å². The number of amides is 1. The molecule has 0 spiro atoms. The molecule has 0 aliphatic heterocycles. The van der Waals surface area contributed by atoms with E-state index in [4.69, 9.17) is 0 Å². The zero-order chi connectivity index (χ0) is 12.5. The number of thiophene rings is 1. The number of carbonyl (C=O) groups excluding carboxylic acids is 1. The van der Waals surface area contributed by atoms with Crippen molar-refractivity contribution in [1.82, 2.24) is 4.98 Å². The van der Waals surface area contributed by atoms with Crippen molar-refractivity contribution in [3.8, 4) is 0 Å². The Morgan fingerprint density at radius 1 is 1.28 bits per heavy atom. The standard InChI is InChI=1S/C13H10N2OS2/c1-8-4-5-17-12(8)13(16)15-9-2-3-10-11(6-9)18-7-14-10/h2-7H,1H3,(H,15,16). The monoisotopic (exact) mass is 274 g/mol. The van der Waals surface area contributed by atoms with Crippen LogP contribution in [-0.2, 0) is 0 Å². The fourth-order valence-corrected chi connectivity index (χ4v) is 3.26. The maximum absolute atomic E-state index is 12.1. The molecule has 0 bridgehead atoms. The molecule has 90 valence electrons. The van der Waals surface area contributed by atoms with Crippen LogP contribution >= 0.6 is 22.7 Å². The van der Waals surface area contributed by atoms with Gasteiger partial charge in [0.2, 0.25) is 0 Å². The van der Waals surface area contributed by atoms with Crippen molar-refractivity contribution < 1.29 is 4.79 Å². The zero-order valence-electron chi connectivity index (χ0n) is 9.64. The van der Waals surface area contributed by atoms with Gasteiger partial charge >= 0.3 is 0 Å². The molecule has 1 aromatic carbocycles. The van der Waals surface area contributed by atoms with E-state index in [9.17, 15) is 4.79 Å². The Labute approximate surface area is 112 Å². The third-order valence-corrected chi connectivity index (χ3v) is 4.46. The quantitative estimate of drug-likeness (QED) is 0.769. The van der Waals surface area contributed by atoms with E-state index < -0.39 is 0 Å². The Kier molecular flexibility index (Phi) is 2.85. The largest absolute Gasteiger partial charge is 0.321 e. The summed E-state index contributed by atoms with van der Waals surface area (Å²) in [6.07, 6.45) is 0. The smallest absolute Gasteiger partial charge is 0.265 e. The number of nitrogens with zero attached hydrogens (tertiary/aromatic N) is 1.